The van der Waals surface area contributed by atoms with Crippen LogP contribution in [0.15, 0.2) is 48.5 Å². The molecule has 2 rings (SSSR count). The number of hydrogen-bond donors (Lipinski definition) is 1. The number of methoxy groups -OCH3 is 1. The molecule has 0 radical (unpaired) electrons. The third kappa shape index (κ3) is 5.28. The molecule has 1 amide bonds. The Hall–Kier alpha value is -2.95. The fourth-order valence-electron chi connectivity index (χ4n) is 2.36. The van der Waals surface area contributed by atoms with Gasteiger partial charge in [0.25, 0.3) is 0 Å². The van der Waals surface area contributed by atoms with Crippen LogP contribution in [-0.2, 0) is 16.0 Å². The van der Waals surface area contributed by atoms with Crippen molar-refractivity contribution in [2.24, 2.45) is 0 Å². The molecule has 0 atom stereocenters. The second kappa shape index (κ2) is 8.78. The van der Waals surface area contributed by atoms with Crippen molar-refractivity contribution in [1.29, 1.82) is 0 Å². The van der Waals surface area contributed by atoms with E-state index in [0.29, 0.717) is 16.8 Å². The van der Waals surface area contributed by atoms with E-state index in [1.165, 1.54) is 18.7 Å². The highest BCUT2D eigenvalue weighted by atomic mass is 16.5. The molecular formula is C20H21NO4. The monoisotopic (exact) mass is 339 g/mol. The smallest absolute Gasteiger partial charge is 0.337 e. The topological polar surface area (TPSA) is 72.5 Å². The lowest BCUT2D eigenvalue weighted by molar-refractivity contribution is -0.116. The molecule has 0 spiro atoms. The summed E-state index contributed by atoms with van der Waals surface area (Å²) in [6.07, 6.45) is 1.13. The third-order valence-electron chi connectivity index (χ3n) is 3.83. The first-order valence-electron chi connectivity index (χ1n) is 8.14. The van der Waals surface area contributed by atoms with Crippen LogP contribution < -0.4 is 5.32 Å². The van der Waals surface area contributed by atoms with Crippen molar-refractivity contribution in [3.8, 4) is 0 Å². The molecule has 0 unspecified atom stereocenters. The van der Waals surface area contributed by atoms with Crippen molar-refractivity contribution >= 4 is 23.3 Å². The second-order valence-electron chi connectivity index (χ2n) is 5.59. The van der Waals surface area contributed by atoms with Gasteiger partial charge in [-0.3, -0.25) is 9.59 Å². The van der Waals surface area contributed by atoms with Crippen molar-refractivity contribution in [2.45, 2.75) is 26.2 Å². The van der Waals surface area contributed by atoms with Crippen LogP contribution in [0.1, 0.15) is 46.0 Å². The number of rotatable bonds is 7. The number of carbonyl (C=O) groups excluding carboxylic acids is 3. The summed E-state index contributed by atoms with van der Waals surface area (Å²) in [4.78, 5) is 35.7. The summed E-state index contributed by atoms with van der Waals surface area (Å²) in [6.45, 7) is 2.05. The van der Waals surface area contributed by atoms with Gasteiger partial charge < -0.3 is 10.1 Å². The minimum atomic E-state index is -0.471. The number of carbonyl (C=O) groups is 3. The largest absolute Gasteiger partial charge is 0.465 e. The maximum Gasteiger partial charge on any atom is 0.337 e. The van der Waals surface area contributed by atoms with Gasteiger partial charge >= 0.3 is 5.97 Å². The average molecular weight is 339 g/mol. The number of anilines is 1. The van der Waals surface area contributed by atoms with E-state index in [9.17, 15) is 14.4 Å². The molecule has 2 aromatic carbocycles. The Bertz CT molecular complexity index is 766. The van der Waals surface area contributed by atoms with E-state index in [1.54, 1.807) is 30.3 Å². The molecule has 130 valence electrons. The molecule has 0 aliphatic carbocycles. The van der Waals surface area contributed by atoms with E-state index in [4.69, 9.17) is 0 Å². The Labute approximate surface area is 147 Å². The molecule has 1 N–H and O–H groups in total. The molecule has 0 heterocycles. The lowest BCUT2D eigenvalue weighted by Gasteiger charge is -2.07. The van der Waals surface area contributed by atoms with E-state index >= 15 is 0 Å². The van der Waals surface area contributed by atoms with E-state index < -0.39 is 5.97 Å². The summed E-state index contributed by atoms with van der Waals surface area (Å²) in [5, 5.41) is 2.69. The molecule has 5 heteroatoms. The summed E-state index contributed by atoms with van der Waals surface area (Å²) in [6, 6.07) is 13.9. The van der Waals surface area contributed by atoms with Gasteiger partial charge in [-0.2, -0.15) is 0 Å². The molecule has 25 heavy (non-hydrogen) atoms. The van der Waals surface area contributed by atoms with Gasteiger partial charge in [0.1, 0.15) is 0 Å². The van der Waals surface area contributed by atoms with Crippen molar-refractivity contribution < 1.29 is 19.1 Å². The zero-order valence-corrected chi connectivity index (χ0v) is 14.4. The summed E-state index contributed by atoms with van der Waals surface area (Å²) >= 11 is 0. The van der Waals surface area contributed by atoms with Gasteiger partial charge in [-0.05, 0) is 30.2 Å². The van der Waals surface area contributed by atoms with Crippen LogP contribution in [0, 0.1) is 0 Å². The Morgan fingerprint density at radius 3 is 2.32 bits per heavy atom. The van der Waals surface area contributed by atoms with Crippen LogP contribution in [0.3, 0.4) is 0 Å². The van der Waals surface area contributed by atoms with Crippen molar-refractivity contribution in [3.05, 3.63) is 65.2 Å². The molecule has 0 saturated carbocycles. The molecule has 5 nitrogen and oxygen atoms in total. The first-order valence-corrected chi connectivity index (χ1v) is 8.14. The molecule has 0 aliphatic heterocycles. The van der Waals surface area contributed by atoms with Crippen molar-refractivity contribution in [2.75, 3.05) is 12.4 Å². The predicted octanol–water partition coefficient (Wildman–Crippen LogP) is 3.64. The average Bonchev–Trinajstić information content (AvgIpc) is 2.65. The van der Waals surface area contributed by atoms with Crippen LogP contribution in [0.25, 0.3) is 0 Å². The second-order valence-corrected chi connectivity index (χ2v) is 5.59. The normalized spacial score (nSPS) is 10.2. The first-order chi connectivity index (χ1) is 12.0. The number of benzene rings is 2. The van der Waals surface area contributed by atoms with Gasteiger partial charge in [0.05, 0.1) is 12.7 Å². The van der Waals surface area contributed by atoms with Crippen LogP contribution >= 0.6 is 0 Å². The van der Waals surface area contributed by atoms with Gasteiger partial charge in [0, 0.05) is 24.1 Å². The number of amides is 1. The van der Waals surface area contributed by atoms with Crippen molar-refractivity contribution in [1.82, 2.24) is 0 Å². The SMILES string of the molecule is CCc1ccc(C(=O)CCC(=O)Nc2cccc(C(=O)OC)c2)cc1. The third-order valence-corrected chi connectivity index (χ3v) is 3.83. The number of aryl methyl sites for hydroxylation is 1. The molecule has 0 aliphatic rings. The van der Waals surface area contributed by atoms with Crippen LogP contribution in [0.2, 0.25) is 0 Å². The fourth-order valence-corrected chi connectivity index (χ4v) is 2.36. The molecule has 0 aromatic heterocycles. The highest BCUT2D eigenvalue weighted by Crippen LogP contribution is 2.13. The predicted molar refractivity (Wildman–Crippen MR) is 95.8 cm³/mol. The molecule has 2 aromatic rings. The zero-order chi connectivity index (χ0) is 18.2. The minimum Gasteiger partial charge on any atom is -0.465 e. The van der Waals surface area contributed by atoms with Crippen LogP contribution in [0.4, 0.5) is 5.69 Å². The maximum absolute atomic E-state index is 12.1. The van der Waals surface area contributed by atoms with Gasteiger partial charge in [0.2, 0.25) is 5.91 Å². The zero-order valence-electron chi connectivity index (χ0n) is 14.4. The highest BCUT2D eigenvalue weighted by Gasteiger charge is 2.11. The van der Waals surface area contributed by atoms with Crippen molar-refractivity contribution in [3.63, 3.8) is 0 Å². The van der Waals surface area contributed by atoms with Gasteiger partial charge in [-0.15, -0.1) is 0 Å². The summed E-state index contributed by atoms with van der Waals surface area (Å²) in [5.74, 6) is -0.816. The van der Waals surface area contributed by atoms with Gasteiger partial charge in [0.15, 0.2) is 5.78 Å². The summed E-state index contributed by atoms with van der Waals surface area (Å²) in [5.41, 5.74) is 2.62. The highest BCUT2D eigenvalue weighted by molar-refractivity contribution is 6.00. The minimum absolute atomic E-state index is 0.0684. The number of nitrogens with one attached hydrogen (secondary N) is 1. The van der Waals surface area contributed by atoms with Gasteiger partial charge in [-0.1, -0.05) is 37.3 Å². The lowest BCUT2D eigenvalue weighted by Crippen LogP contribution is -2.14. The lowest BCUT2D eigenvalue weighted by atomic mass is 10.0. The number of Topliss-reactive ketones (excluding diaryl/α,β-unsaturated/α-hetero) is 1. The summed E-state index contributed by atoms with van der Waals surface area (Å²) in [7, 11) is 1.30. The van der Waals surface area contributed by atoms with E-state index in [-0.39, 0.29) is 24.5 Å². The standard InChI is InChI=1S/C20H21NO4/c1-3-14-7-9-15(10-8-14)18(22)11-12-19(23)21-17-6-4-5-16(13-17)20(24)25-2/h4-10,13H,3,11-12H2,1-2H3,(H,21,23). The quantitative estimate of drug-likeness (QED) is 0.617. The van der Waals surface area contributed by atoms with Gasteiger partial charge in [-0.25, -0.2) is 4.79 Å². The maximum atomic E-state index is 12.1. The summed E-state index contributed by atoms with van der Waals surface area (Å²) < 4.78 is 4.64. The number of ketones is 1. The Morgan fingerprint density at radius 2 is 1.68 bits per heavy atom. The molecule has 0 saturated heterocycles. The van der Waals surface area contributed by atoms with Crippen LogP contribution in [-0.4, -0.2) is 24.8 Å². The van der Waals surface area contributed by atoms with E-state index in [0.717, 1.165) is 6.42 Å². The Kier molecular flexibility index (Phi) is 6.46. The number of ether oxygens (including phenoxy) is 1. The molecule has 0 fully saturated rings. The number of hydrogen-bond acceptors (Lipinski definition) is 4. The first kappa shape index (κ1) is 18.4. The molecule has 0 bridgehead atoms. The Balaban J connectivity index is 1.89. The molecular weight excluding hydrogens is 318 g/mol. The van der Waals surface area contributed by atoms with E-state index in [2.05, 4.69) is 17.0 Å². The van der Waals surface area contributed by atoms with E-state index in [1.807, 2.05) is 12.1 Å². The Morgan fingerprint density at radius 1 is 0.960 bits per heavy atom. The van der Waals surface area contributed by atoms with Crippen LogP contribution in [0.5, 0.6) is 0 Å². The fraction of sp³-hybridized carbons (Fsp3) is 0.250. The number of esters is 1.